The molecule has 3 aromatic carbocycles. The Balaban J connectivity index is 1.89. The topological polar surface area (TPSA) is 67.4 Å². The van der Waals surface area contributed by atoms with Gasteiger partial charge in [-0.1, -0.05) is 48.5 Å². The van der Waals surface area contributed by atoms with Crippen LogP contribution in [0, 0.1) is 0 Å². The average Bonchev–Trinajstić information content (AvgIpc) is 2.73. The number of ether oxygens (including phenoxy) is 1. The monoisotopic (exact) mass is 406 g/mol. The molecule has 5 nitrogen and oxygen atoms in total. The fraction of sp³-hybridized carbons (Fsp3) is 0.130. The first kappa shape index (κ1) is 20.5. The Morgan fingerprint density at radius 2 is 1.55 bits per heavy atom. The summed E-state index contributed by atoms with van der Waals surface area (Å²) in [4.78, 5) is 25.6. The molecule has 0 saturated carbocycles. The van der Waals surface area contributed by atoms with Gasteiger partial charge >= 0.3 is 0 Å². The van der Waals surface area contributed by atoms with E-state index < -0.39 is 5.25 Å². The predicted octanol–water partition coefficient (Wildman–Crippen LogP) is 5.13. The highest BCUT2D eigenvalue weighted by atomic mass is 32.2. The molecular formula is C23H22N2O3S. The van der Waals surface area contributed by atoms with Crippen LogP contribution in [0.3, 0.4) is 0 Å². The Labute approximate surface area is 174 Å². The molecule has 0 spiro atoms. The minimum Gasteiger partial charge on any atom is -0.495 e. The second-order valence-corrected chi connectivity index (χ2v) is 7.49. The van der Waals surface area contributed by atoms with Gasteiger partial charge in [-0.15, -0.1) is 11.8 Å². The number of rotatable bonds is 7. The average molecular weight is 407 g/mol. The molecule has 29 heavy (non-hydrogen) atoms. The van der Waals surface area contributed by atoms with E-state index in [2.05, 4.69) is 10.6 Å². The maximum Gasteiger partial charge on any atom is 0.242 e. The Morgan fingerprint density at radius 1 is 0.897 bits per heavy atom. The first-order chi connectivity index (χ1) is 14.1. The van der Waals surface area contributed by atoms with E-state index in [1.54, 1.807) is 18.2 Å². The van der Waals surface area contributed by atoms with Crippen molar-refractivity contribution in [2.75, 3.05) is 17.7 Å². The van der Waals surface area contributed by atoms with E-state index in [4.69, 9.17) is 4.74 Å². The van der Waals surface area contributed by atoms with Crippen LogP contribution in [0.15, 0.2) is 83.8 Å². The molecule has 0 unspecified atom stereocenters. The number of benzene rings is 3. The van der Waals surface area contributed by atoms with Crippen LogP contribution >= 0.6 is 11.8 Å². The highest BCUT2D eigenvalue weighted by molar-refractivity contribution is 8.00. The van der Waals surface area contributed by atoms with Crippen molar-refractivity contribution in [1.82, 2.24) is 0 Å². The Bertz CT molecular complexity index is 978. The van der Waals surface area contributed by atoms with Crippen LogP contribution in [-0.2, 0) is 9.59 Å². The fourth-order valence-corrected chi connectivity index (χ4v) is 3.87. The smallest absolute Gasteiger partial charge is 0.242 e. The lowest BCUT2D eigenvalue weighted by Crippen LogP contribution is -2.19. The molecule has 2 amide bonds. The molecular weight excluding hydrogens is 384 g/mol. The standard InChI is InChI=1S/C23H22N2O3S/c1-16(26)24-18-13-14-21(28-2)20(15-18)25-23(27)22(17-9-5-3-6-10-17)29-19-11-7-4-8-12-19/h3-15,22H,1-2H3,(H,24,26)(H,25,27)/t22-/m0/s1. The molecule has 3 aromatic rings. The zero-order valence-electron chi connectivity index (χ0n) is 16.2. The van der Waals surface area contributed by atoms with Gasteiger partial charge in [0.1, 0.15) is 11.0 Å². The molecule has 0 saturated heterocycles. The summed E-state index contributed by atoms with van der Waals surface area (Å²) in [6.45, 7) is 1.43. The molecule has 1 atom stereocenters. The Morgan fingerprint density at radius 3 is 2.17 bits per heavy atom. The number of carbonyl (C=O) groups is 2. The van der Waals surface area contributed by atoms with E-state index in [1.807, 2.05) is 60.7 Å². The zero-order chi connectivity index (χ0) is 20.6. The highest BCUT2D eigenvalue weighted by Crippen LogP contribution is 2.37. The minimum absolute atomic E-state index is 0.177. The number of hydrogen-bond donors (Lipinski definition) is 2. The van der Waals surface area contributed by atoms with Gasteiger partial charge in [-0.05, 0) is 35.9 Å². The van der Waals surface area contributed by atoms with Gasteiger partial charge in [0.25, 0.3) is 0 Å². The molecule has 0 aliphatic carbocycles. The van der Waals surface area contributed by atoms with E-state index in [-0.39, 0.29) is 11.8 Å². The number of methoxy groups -OCH3 is 1. The van der Waals surface area contributed by atoms with Gasteiger partial charge in [0.2, 0.25) is 11.8 Å². The molecule has 0 aromatic heterocycles. The molecule has 2 N–H and O–H groups in total. The van der Waals surface area contributed by atoms with Gasteiger partial charge in [-0.3, -0.25) is 9.59 Å². The Kier molecular flexibility index (Phi) is 6.92. The number of nitrogens with one attached hydrogen (secondary N) is 2. The quantitative estimate of drug-likeness (QED) is 0.534. The summed E-state index contributed by atoms with van der Waals surface area (Å²) in [7, 11) is 1.54. The summed E-state index contributed by atoms with van der Waals surface area (Å²) in [6.07, 6.45) is 0. The summed E-state index contributed by atoms with van der Waals surface area (Å²) < 4.78 is 5.38. The fourth-order valence-electron chi connectivity index (χ4n) is 2.82. The predicted molar refractivity (Wildman–Crippen MR) is 117 cm³/mol. The van der Waals surface area contributed by atoms with Crippen molar-refractivity contribution in [3.05, 3.63) is 84.4 Å². The third-order valence-corrected chi connectivity index (χ3v) is 5.38. The lowest BCUT2D eigenvalue weighted by Gasteiger charge is -2.19. The third-order valence-electron chi connectivity index (χ3n) is 4.12. The minimum atomic E-state index is -0.451. The van der Waals surface area contributed by atoms with Gasteiger partial charge in [0.05, 0.1) is 12.8 Å². The van der Waals surface area contributed by atoms with E-state index in [0.29, 0.717) is 17.1 Å². The number of anilines is 2. The van der Waals surface area contributed by atoms with Crippen LogP contribution in [0.5, 0.6) is 5.75 Å². The third kappa shape index (κ3) is 5.62. The molecule has 6 heteroatoms. The van der Waals surface area contributed by atoms with Crippen molar-refractivity contribution < 1.29 is 14.3 Å². The van der Waals surface area contributed by atoms with Gasteiger partial charge in [-0.2, -0.15) is 0 Å². The molecule has 0 radical (unpaired) electrons. The lowest BCUT2D eigenvalue weighted by molar-refractivity contribution is -0.116. The van der Waals surface area contributed by atoms with Crippen molar-refractivity contribution >= 4 is 35.0 Å². The summed E-state index contributed by atoms with van der Waals surface area (Å²) in [5, 5.41) is 5.23. The van der Waals surface area contributed by atoms with Crippen molar-refractivity contribution in [2.24, 2.45) is 0 Å². The maximum atomic E-state index is 13.2. The van der Waals surface area contributed by atoms with Crippen molar-refractivity contribution in [2.45, 2.75) is 17.1 Å². The number of thioether (sulfide) groups is 1. The van der Waals surface area contributed by atoms with Crippen LogP contribution < -0.4 is 15.4 Å². The van der Waals surface area contributed by atoms with Gasteiger partial charge in [0, 0.05) is 17.5 Å². The van der Waals surface area contributed by atoms with Gasteiger partial charge in [0.15, 0.2) is 0 Å². The second-order valence-electron chi connectivity index (χ2n) is 6.31. The first-order valence-electron chi connectivity index (χ1n) is 9.10. The van der Waals surface area contributed by atoms with Gasteiger partial charge in [-0.25, -0.2) is 0 Å². The molecule has 0 fully saturated rings. The van der Waals surface area contributed by atoms with Crippen LogP contribution in [0.4, 0.5) is 11.4 Å². The first-order valence-corrected chi connectivity index (χ1v) is 9.98. The second kappa shape index (κ2) is 9.80. The van der Waals surface area contributed by atoms with Crippen LogP contribution in [-0.4, -0.2) is 18.9 Å². The summed E-state index contributed by atoms with van der Waals surface area (Å²) >= 11 is 1.47. The highest BCUT2D eigenvalue weighted by Gasteiger charge is 2.23. The van der Waals surface area contributed by atoms with Crippen LogP contribution in [0.25, 0.3) is 0 Å². The zero-order valence-corrected chi connectivity index (χ0v) is 17.0. The number of carbonyl (C=O) groups excluding carboxylic acids is 2. The molecule has 0 bridgehead atoms. The van der Waals surface area contributed by atoms with E-state index >= 15 is 0 Å². The summed E-state index contributed by atoms with van der Waals surface area (Å²) in [5.41, 5.74) is 1.98. The Hall–Kier alpha value is -3.25. The molecule has 3 rings (SSSR count). The maximum absolute atomic E-state index is 13.2. The largest absolute Gasteiger partial charge is 0.495 e. The number of amides is 2. The summed E-state index contributed by atoms with van der Waals surface area (Å²) in [6, 6.07) is 24.5. The van der Waals surface area contributed by atoms with E-state index in [9.17, 15) is 9.59 Å². The number of hydrogen-bond acceptors (Lipinski definition) is 4. The lowest BCUT2D eigenvalue weighted by atomic mass is 10.1. The molecule has 0 heterocycles. The van der Waals surface area contributed by atoms with Crippen LogP contribution in [0.2, 0.25) is 0 Å². The molecule has 0 aliphatic rings. The summed E-state index contributed by atoms with van der Waals surface area (Å²) in [5.74, 6) is 0.154. The van der Waals surface area contributed by atoms with Crippen molar-refractivity contribution in [3.8, 4) is 5.75 Å². The normalized spacial score (nSPS) is 11.4. The van der Waals surface area contributed by atoms with E-state index in [1.165, 1.54) is 25.8 Å². The van der Waals surface area contributed by atoms with Gasteiger partial charge < -0.3 is 15.4 Å². The molecule has 148 valence electrons. The van der Waals surface area contributed by atoms with Crippen molar-refractivity contribution in [3.63, 3.8) is 0 Å². The SMILES string of the molecule is COc1ccc(NC(C)=O)cc1NC(=O)[C@@H](Sc1ccccc1)c1ccccc1. The molecule has 0 aliphatic heterocycles. The van der Waals surface area contributed by atoms with Crippen molar-refractivity contribution in [1.29, 1.82) is 0 Å². The van der Waals surface area contributed by atoms with Crippen LogP contribution in [0.1, 0.15) is 17.7 Å². The van der Waals surface area contributed by atoms with E-state index in [0.717, 1.165) is 10.5 Å².